The van der Waals surface area contributed by atoms with E-state index in [1.165, 1.54) is 6.33 Å². The fourth-order valence-electron chi connectivity index (χ4n) is 6.63. The van der Waals surface area contributed by atoms with Crippen molar-refractivity contribution >= 4 is 11.6 Å². The molecule has 48 heavy (non-hydrogen) atoms. The molecule has 252 valence electrons. The minimum Gasteiger partial charge on any atom is -0.487 e. The van der Waals surface area contributed by atoms with Crippen LogP contribution in [0.1, 0.15) is 50.6 Å². The molecular weight excluding hydrogens is 614 g/mol. The molecule has 1 aromatic carbocycles. The highest BCUT2D eigenvalue weighted by atomic mass is 16.5. The van der Waals surface area contributed by atoms with Crippen LogP contribution in [-0.4, -0.2) is 103 Å². The quantitative estimate of drug-likeness (QED) is 0.236. The second-order valence-electron chi connectivity index (χ2n) is 12.7. The molecule has 0 bridgehead atoms. The Morgan fingerprint density at radius 2 is 1.83 bits per heavy atom. The lowest BCUT2D eigenvalue weighted by Gasteiger charge is -2.38. The Labute approximate surface area is 279 Å². The predicted octanol–water partition coefficient (Wildman–Crippen LogP) is 3.64. The molecule has 3 aromatic heterocycles. The van der Waals surface area contributed by atoms with Crippen molar-refractivity contribution in [1.82, 2.24) is 44.9 Å². The smallest absolute Gasteiger partial charge is 0.256 e. The molecule has 3 fully saturated rings. The zero-order valence-corrected chi connectivity index (χ0v) is 27.1. The van der Waals surface area contributed by atoms with Crippen LogP contribution in [0.2, 0.25) is 0 Å². The maximum absolute atomic E-state index is 9.67. The first kappa shape index (κ1) is 31.9. The fourth-order valence-corrected chi connectivity index (χ4v) is 6.63. The number of nitrogens with zero attached hydrogens (tertiary/aromatic N) is 10. The number of nitrogens with one attached hydrogen (secondary N) is 1. The Hall–Kier alpha value is -4.65. The van der Waals surface area contributed by atoms with E-state index in [0.29, 0.717) is 60.9 Å². The van der Waals surface area contributed by atoms with E-state index in [2.05, 4.69) is 46.5 Å². The number of tetrazole rings is 1. The van der Waals surface area contributed by atoms with Gasteiger partial charge in [-0.05, 0) is 67.2 Å². The summed E-state index contributed by atoms with van der Waals surface area (Å²) < 4.78 is 27.1. The van der Waals surface area contributed by atoms with Gasteiger partial charge in [-0.1, -0.05) is 6.07 Å². The van der Waals surface area contributed by atoms with Crippen LogP contribution in [0.4, 0.5) is 11.6 Å². The molecule has 1 N–H and O–H groups in total. The Bertz CT molecular complexity index is 1650. The van der Waals surface area contributed by atoms with Gasteiger partial charge in [0.15, 0.2) is 0 Å². The van der Waals surface area contributed by atoms with Crippen molar-refractivity contribution in [1.29, 1.82) is 5.26 Å². The zero-order valence-electron chi connectivity index (χ0n) is 27.1. The van der Waals surface area contributed by atoms with Crippen LogP contribution in [0.5, 0.6) is 11.6 Å². The number of benzene rings is 1. The van der Waals surface area contributed by atoms with Gasteiger partial charge in [-0.3, -0.25) is 9.58 Å². The SMILES string of the molecule is C[C@@H](Cn1cnnn1)Oc1cc(-c2cnc(Nc3cn(C4CCC(N5CCOCC5)CC4)nc3OC[C@H]3CCOC3)nc2)ccc1C#N. The molecule has 2 aliphatic heterocycles. The van der Waals surface area contributed by atoms with Crippen molar-refractivity contribution in [2.45, 2.75) is 63.8 Å². The summed E-state index contributed by atoms with van der Waals surface area (Å²) in [7, 11) is 0. The molecule has 0 unspecified atom stereocenters. The Kier molecular flexibility index (Phi) is 10.0. The lowest BCUT2D eigenvalue weighted by Crippen LogP contribution is -2.45. The summed E-state index contributed by atoms with van der Waals surface area (Å²) in [5, 5.41) is 29.1. The molecule has 1 saturated carbocycles. The Balaban J connectivity index is 1.04. The third-order valence-corrected chi connectivity index (χ3v) is 9.28. The standard InChI is InChI=1S/C33H41N11O4/c1-23(18-43-22-37-40-41-43)48-31-14-25(2-3-26(31)15-34)27-16-35-33(36-17-27)38-30-19-44(39-32(30)47-21-24-8-11-46-20-24)29-6-4-28(5-7-29)42-9-12-45-13-10-42/h2-3,14,16-17,19,22-24,28-29H,4-13,18,20-21H2,1H3,(H,35,36,38)/t23-,24-,28?,29?/m0/s1. The van der Waals surface area contributed by atoms with E-state index in [1.54, 1.807) is 23.1 Å². The van der Waals surface area contributed by atoms with Crippen molar-refractivity contribution in [2.24, 2.45) is 5.92 Å². The van der Waals surface area contributed by atoms with E-state index in [4.69, 9.17) is 24.0 Å². The molecule has 5 heterocycles. The first-order valence-electron chi connectivity index (χ1n) is 16.7. The maximum Gasteiger partial charge on any atom is 0.256 e. The van der Waals surface area contributed by atoms with Gasteiger partial charge < -0.3 is 24.3 Å². The maximum atomic E-state index is 9.67. The Morgan fingerprint density at radius 1 is 1.02 bits per heavy atom. The number of hydrogen-bond donors (Lipinski definition) is 1. The van der Waals surface area contributed by atoms with E-state index < -0.39 is 0 Å². The van der Waals surface area contributed by atoms with Gasteiger partial charge in [0.1, 0.15) is 29.9 Å². The molecule has 0 radical (unpaired) electrons. The van der Waals surface area contributed by atoms with Crippen molar-refractivity contribution in [3.05, 3.63) is 48.7 Å². The molecule has 3 aliphatic rings. The van der Waals surface area contributed by atoms with E-state index in [9.17, 15) is 5.26 Å². The number of nitriles is 1. The second-order valence-corrected chi connectivity index (χ2v) is 12.7. The van der Waals surface area contributed by atoms with E-state index in [-0.39, 0.29) is 6.10 Å². The van der Waals surface area contributed by atoms with Gasteiger partial charge >= 0.3 is 0 Å². The van der Waals surface area contributed by atoms with Gasteiger partial charge in [-0.15, -0.1) is 10.2 Å². The normalized spacial score (nSPS) is 22.2. The highest BCUT2D eigenvalue weighted by Gasteiger charge is 2.29. The van der Waals surface area contributed by atoms with Gasteiger partial charge in [0.05, 0.1) is 50.8 Å². The minimum absolute atomic E-state index is 0.267. The second kappa shape index (κ2) is 15.1. The minimum atomic E-state index is -0.267. The number of rotatable bonds is 12. The highest BCUT2D eigenvalue weighted by Crippen LogP contribution is 2.35. The molecule has 2 atom stereocenters. The van der Waals surface area contributed by atoms with Gasteiger partial charge in [-0.25, -0.2) is 14.6 Å². The lowest BCUT2D eigenvalue weighted by atomic mass is 9.90. The summed E-state index contributed by atoms with van der Waals surface area (Å²) in [6, 6.07) is 8.55. The first-order chi connectivity index (χ1) is 23.6. The van der Waals surface area contributed by atoms with Crippen LogP contribution in [-0.2, 0) is 16.0 Å². The summed E-state index contributed by atoms with van der Waals surface area (Å²) in [6.45, 7) is 8.07. The van der Waals surface area contributed by atoms with Crippen molar-refractivity contribution < 1.29 is 18.9 Å². The summed E-state index contributed by atoms with van der Waals surface area (Å²) in [5.41, 5.74) is 2.79. The summed E-state index contributed by atoms with van der Waals surface area (Å²) >= 11 is 0. The number of ether oxygens (including phenoxy) is 4. The van der Waals surface area contributed by atoms with E-state index >= 15 is 0 Å². The fraction of sp³-hybridized carbons (Fsp3) is 0.545. The number of hydrogen-bond acceptors (Lipinski definition) is 13. The number of morpholine rings is 1. The van der Waals surface area contributed by atoms with Gasteiger partial charge in [0.2, 0.25) is 5.95 Å². The average Bonchev–Trinajstić information content (AvgIpc) is 3.92. The average molecular weight is 656 g/mol. The molecule has 7 rings (SSSR count). The van der Waals surface area contributed by atoms with E-state index in [1.807, 2.05) is 25.3 Å². The van der Waals surface area contributed by atoms with Gasteiger partial charge in [0.25, 0.3) is 5.88 Å². The highest BCUT2D eigenvalue weighted by molar-refractivity contribution is 5.67. The summed E-state index contributed by atoms with van der Waals surface area (Å²) in [6.07, 6.45) is 12.2. The largest absolute Gasteiger partial charge is 0.487 e. The van der Waals surface area contributed by atoms with Crippen LogP contribution < -0.4 is 14.8 Å². The predicted molar refractivity (Wildman–Crippen MR) is 174 cm³/mol. The first-order valence-corrected chi connectivity index (χ1v) is 16.7. The van der Waals surface area contributed by atoms with Crippen LogP contribution in [0.3, 0.4) is 0 Å². The summed E-state index contributed by atoms with van der Waals surface area (Å²) in [4.78, 5) is 11.8. The molecule has 1 aliphatic carbocycles. The van der Waals surface area contributed by atoms with Crippen LogP contribution in [0, 0.1) is 17.2 Å². The monoisotopic (exact) mass is 655 g/mol. The van der Waals surface area contributed by atoms with Crippen LogP contribution in [0.15, 0.2) is 43.1 Å². The Morgan fingerprint density at radius 3 is 2.56 bits per heavy atom. The molecule has 15 heteroatoms. The molecule has 4 aromatic rings. The molecule has 0 spiro atoms. The number of aromatic nitrogens is 8. The topological polar surface area (TPSA) is 163 Å². The molecule has 2 saturated heterocycles. The molecule has 0 amide bonds. The van der Waals surface area contributed by atoms with E-state index in [0.717, 1.165) is 81.8 Å². The lowest BCUT2D eigenvalue weighted by molar-refractivity contribution is 0.00502. The third-order valence-electron chi connectivity index (χ3n) is 9.28. The van der Waals surface area contributed by atoms with Crippen molar-refractivity contribution in [3.63, 3.8) is 0 Å². The third kappa shape index (κ3) is 7.73. The summed E-state index contributed by atoms with van der Waals surface area (Å²) in [5.74, 6) is 1.81. The van der Waals surface area contributed by atoms with Crippen LogP contribution in [0.25, 0.3) is 11.1 Å². The van der Waals surface area contributed by atoms with Gasteiger partial charge in [0, 0.05) is 49.6 Å². The number of anilines is 2. The van der Waals surface area contributed by atoms with Gasteiger partial charge in [-0.2, -0.15) is 5.26 Å². The molecular formula is C33H41N11O4. The van der Waals surface area contributed by atoms with Crippen molar-refractivity contribution in [2.75, 3.05) is 51.4 Å². The zero-order chi connectivity index (χ0) is 32.7. The van der Waals surface area contributed by atoms with Crippen LogP contribution >= 0.6 is 0 Å². The molecule has 15 nitrogen and oxygen atoms in total. The van der Waals surface area contributed by atoms with Crippen molar-refractivity contribution in [3.8, 4) is 28.8 Å².